The molecular weight excluding hydrogens is 214 g/mol. The van der Waals surface area contributed by atoms with E-state index in [4.69, 9.17) is 5.11 Å². The second-order valence-electron chi connectivity index (χ2n) is 4.14. The molecule has 0 saturated carbocycles. The van der Waals surface area contributed by atoms with Crippen LogP contribution in [-0.2, 0) is 9.59 Å². The summed E-state index contributed by atoms with van der Waals surface area (Å²) in [6.07, 6.45) is 0.861. The highest BCUT2D eigenvalue weighted by molar-refractivity contribution is 8.00. The summed E-state index contributed by atoms with van der Waals surface area (Å²) in [6, 6.07) is -0.630. The van der Waals surface area contributed by atoms with Crippen LogP contribution in [0.2, 0.25) is 0 Å². The topological polar surface area (TPSA) is 57.6 Å². The fraction of sp³-hybridized carbons (Fsp3) is 0.800. The van der Waals surface area contributed by atoms with Gasteiger partial charge in [-0.1, -0.05) is 13.8 Å². The molecule has 1 rings (SSSR count). The summed E-state index contributed by atoms with van der Waals surface area (Å²) >= 11 is 1.41. The van der Waals surface area contributed by atoms with Gasteiger partial charge >= 0.3 is 5.97 Å². The Kier molecular flexibility index (Phi) is 4.45. The molecule has 1 amide bonds. The van der Waals surface area contributed by atoms with Crippen LogP contribution in [0.4, 0.5) is 0 Å². The van der Waals surface area contributed by atoms with Crippen molar-refractivity contribution in [2.45, 2.75) is 26.3 Å². The van der Waals surface area contributed by atoms with E-state index in [2.05, 4.69) is 13.8 Å². The largest absolute Gasteiger partial charge is 0.480 e. The molecule has 5 heteroatoms. The average Bonchev–Trinajstić information content (AvgIpc) is 2.15. The van der Waals surface area contributed by atoms with Crippen molar-refractivity contribution in [3.05, 3.63) is 0 Å². The number of carbonyl (C=O) groups is 2. The zero-order valence-electron chi connectivity index (χ0n) is 9.10. The number of hydrogen-bond acceptors (Lipinski definition) is 3. The molecule has 86 valence electrons. The van der Waals surface area contributed by atoms with Crippen molar-refractivity contribution in [3.63, 3.8) is 0 Å². The highest BCUT2D eigenvalue weighted by Gasteiger charge is 2.33. The maximum Gasteiger partial charge on any atom is 0.327 e. The van der Waals surface area contributed by atoms with E-state index >= 15 is 0 Å². The van der Waals surface area contributed by atoms with Gasteiger partial charge in [0.05, 0.1) is 5.75 Å². The van der Waals surface area contributed by atoms with Crippen LogP contribution in [0.5, 0.6) is 0 Å². The van der Waals surface area contributed by atoms with Crippen LogP contribution < -0.4 is 0 Å². The van der Waals surface area contributed by atoms with Gasteiger partial charge in [-0.2, -0.15) is 0 Å². The number of amides is 1. The molecule has 0 spiro atoms. The molecule has 0 radical (unpaired) electrons. The Bertz CT molecular complexity index is 255. The predicted molar refractivity (Wildman–Crippen MR) is 59.9 cm³/mol. The first kappa shape index (κ1) is 12.4. The van der Waals surface area contributed by atoms with Crippen molar-refractivity contribution in [2.24, 2.45) is 5.92 Å². The smallest absolute Gasteiger partial charge is 0.327 e. The lowest BCUT2D eigenvalue weighted by molar-refractivity contribution is -0.148. The molecule has 0 aromatic rings. The molecule has 1 aliphatic heterocycles. The molecule has 0 aromatic heterocycles. The van der Waals surface area contributed by atoms with Crippen molar-refractivity contribution >= 4 is 23.6 Å². The van der Waals surface area contributed by atoms with Gasteiger partial charge in [-0.25, -0.2) is 4.79 Å². The fourth-order valence-corrected chi connectivity index (χ4v) is 2.49. The van der Waals surface area contributed by atoms with Crippen molar-refractivity contribution < 1.29 is 14.7 Å². The minimum absolute atomic E-state index is 0.0423. The van der Waals surface area contributed by atoms with Gasteiger partial charge in [0, 0.05) is 12.3 Å². The van der Waals surface area contributed by atoms with Crippen LogP contribution in [0, 0.1) is 5.92 Å². The summed E-state index contributed by atoms with van der Waals surface area (Å²) in [5.41, 5.74) is 0. The molecule has 1 N–H and O–H groups in total. The van der Waals surface area contributed by atoms with Gasteiger partial charge in [-0.05, 0) is 12.3 Å². The number of carbonyl (C=O) groups excluding carboxylic acids is 1. The first-order valence-corrected chi connectivity index (χ1v) is 6.28. The lowest BCUT2D eigenvalue weighted by Gasteiger charge is -2.33. The highest BCUT2D eigenvalue weighted by atomic mass is 32.2. The lowest BCUT2D eigenvalue weighted by Crippen LogP contribution is -2.51. The highest BCUT2D eigenvalue weighted by Crippen LogP contribution is 2.19. The molecule has 0 aromatic carbocycles. The average molecular weight is 231 g/mol. The van der Waals surface area contributed by atoms with E-state index in [1.807, 2.05) is 0 Å². The van der Waals surface area contributed by atoms with Gasteiger partial charge in [0.15, 0.2) is 0 Å². The van der Waals surface area contributed by atoms with Crippen LogP contribution in [0.15, 0.2) is 0 Å². The van der Waals surface area contributed by atoms with Gasteiger partial charge in [-0.3, -0.25) is 4.79 Å². The third-order valence-electron chi connectivity index (χ3n) is 2.43. The standard InChI is InChI=1S/C10H17NO3S/c1-7(2)3-4-11-8(10(13)14)5-15-6-9(11)12/h7-8H,3-6H2,1-2H3,(H,13,14). The van der Waals surface area contributed by atoms with Gasteiger partial charge < -0.3 is 10.0 Å². The third-order valence-corrected chi connectivity index (χ3v) is 3.43. The molecule has 1 saturated heterocycles. The Morgan fingerprint density at radius 3 is 2.87 bits per heavy atom. The third kappa shape index (κ3) is 3.41. The van der Waals surface area contributed by atoms with Crippen molar-refractivity contribution in [1.82, 2.24) is 4.90 Å². The number of nitrogens with zero attached hydrogens (tertiary/aromatic N) is 1. The monoisotopic (exact) mass is 231 g/mol. The summed E-state index contributed by atoms with van der Waals surface area (Å²) in [6.45, 7) is 4.70. The van der Waals surface area contributed by atoms with E-state index in [-0.39, 0.29) is 5.91 Å². The zero-order valence-corrected chi connectivity index (χ0v) is 9.92. The van der Waals surface area contributed by atoms with E-state index in [1.165, 1.54) is 16.7 Å². The maximum absolute atomic E-state index is 11.6. The summed E-state index contributed by atoms with van der Waals surface area (Å²) in [5, 5.41) is 8.98. The predicted octanol–water partition coefficient (Wildman–Crippen LogP) is 1.06. The SMILES string of the molecule is CC(C)CCN1C(=O)CSCC1C(=O)O. The summed E-state index contributed by atoms with van der Waals surface area (Å²) in [7, 11) is 0. The van der Waals surface area contributed by atoms with E-state index in [9.17, 15) is 9.59 Å². The molecule has 1 aliphatic rings. The van der Waals surface area contributed by atoms with Crippen LogP contribution in [0.3, 0.4) is 0 Å². The van der Waals surface area contributed by atoms with Crippen molar-refractivity contribution in [3.8, 4) is 0 Å². The number of carboxylic acids is 1. The second kappa shape index (κ2) is 5.39. The Hall–Kier alpha value is -0.710. The molecule has 1 atom stereocenters. The quantitative estimate of drug-likeness (QED) is 0.786. The number of hydrogen-bond donors (Lipinski definition) is 1. The molecule has 0 bridgehead atoms. The molecular formula is C10H17NO3S. The Balaban J connectivity index is 2.60. The van der Waals surface area contributed by atoms with Crippen LogP contribution in [0.1, 0.15) is 20.3 Å². The first-order chi connectivity index (χ1) is 7.02. The van der Waals surface area contributed by atoms with E-state index in [0.29, 0.717) is 24.0 Å². The first-order valence-electron chi connectivity index (χ1n) is 5.12. The van der Waals surface area contributed by atoms with E-state index in [1.54, 1.807) is 0 Å². The zero-order chi connectivity index (χ0) is 11.4. The van der Waals surface area contributed by atoms with Crippen molar-refractivity contribution in [2.75, 3.05) is 18.1 Å². The van der Waals surface area contributed by atoms with Crippen LogP contribution in [0.25, 0.3) is 0 Å². The van der Waals surface area contributed by atoms with Crippen LogP contribution >= 0.6 is 11.8 Å². The van der Waals surface area contributed by atoms with Gasteiger partial charge in [0.25, 0.3) is 0 Å². The van der Waals surface area contributed by atoms with Gasteiger partial charge in [0.1, 0.15) is 6.04 Å². The Labute approximate surface area is 94.0 Å². The van der Waals surface area contributed by atoms with E-state index < -0.39 is 12.0 Å². The van der Waals surface area contributed by atoms with Crippen LogP contribution in [-0.4, -0.2) is 46.0 Å². The molecule has 1 unspecified atom stereocenters. The minimum atomic E-state index is -0.890. The molecule has 4 nitrogen and oxygen atoms in total. The van der Waals surface area contributed by atoms with Gasteiger partial charge in [-0.15, -0.1) is 11.8 Å². The molecule has 1 heterocycles. The lowest BCUT2D eigenvalue weighted by atomic mass is 10.1. The number of thioether (sulfide) groups is 1. The summed E-state index contributed by atoms with van der Waals surface area (Å²) < 4.78 is 0. The van der Waals surface area contributed by atoms with Gasteiger partial charge in [0.2, 0.25) is 5.91 Å². The second-order valence-corrected chi connectivity index (χ2v) is 5.17. The molecule has 0 aliphatic carbocycles. The maximum atomic E-state index is 11.6. The Morgan fingerprint density at radius 2 is 2.33 bits per heavy atom. The number of aliphatic carboxylic acids is 1. The fourth-order valence-electron chi connectivity index (χ4n) is 1.49. The van der Waals surface area contributed by atoms with Crippen molar-refractivity contribution in [1.29, 1.82) is 0 Å². The number of carboxylic acid groups (broad SMARTS) is 1. The molecule has 15 heavy (non-hydrogen) atoms. The minimum Gasteiger partial charge on any atom is -0.480 e. The normalized spacial score (nSPS) is 22.2. The van der Waals surface area contributed by atoms with E-state index in [0.717, 1.165) is 6.42 Å². The molecule has 1 fully saturated rings. The number of rotatable bonds is 4. The Morgan fingerprint density at radius 1 is 1.67 bits per heavy atom. The summed E-state index contributed by atoms with van der Waals surface area (Å²) in [4.78, 5) is 24.0. The summed E-state index contributed by atoms with van der Waals surface area (Å²) in [5.74, 6) is 0.488.